The van der Waals surface area contributed by atoms with Gasteiger partial charge in [-0.05, 0) is 29.9 Å². The van der Waals surface area contributed by atoms with Gasteiger partial charge in [-0.3, -0.25) is 10.4 Å². The van der Waals surface area contributed by atoms with Gasteiger partial charge in [-0.15, -0.1) is 0 Å². The molecule has 0 spiro atoms. The van der Waals surface area contributed by atoms with Crippen molar-refractivity contribution >= 4 is 23.0 Å². The van der Waals surface area contributed by atoms with Gasteiger partial charge in [0.25, 0.3) is 0 Å². The fourth-order valence-electron chi connectivity index (χ4n) is 1.63. The predicted molar refractivity (Wildman–Crippen MR) is 80.8 cm³/mol. The Morgan fingerprint density at radius 1 is 1.16 bits per heavy atom. The molecule has 4 nitrogen and oxygen atoms in total. The van der Waals surface area contributed by atoms with Gasteiger partial charge < -0.3 is 5.73 Å². The van der Waals surface area contributed by atoms with Crippen LogP contribution >= 0.6 is 12.2 Å². The molecule has 0 radical (unpaired) electrons. The number of hydrazone groups is 1. The molecule has 0 aliphatic rings. The largest absolute Gasteiger partial charge is 0.375 e. The smallest absolute Gasteiger partial charge is 0.184 e. The van der Waals surface area contributed by atoms with E-state index in [2.05, 4.69) is 15.5 Å². The maximum absolute atomic E-state index is 5.41. The SMILES string of the molecule is NC(=S)NN=C(Cc1ccccn1)c1ccccc1. The lowest BCUT2D eigenvalue weighted by molar-refractivity contribution is 1.01. The van der Waals surface area contributed by atoms with Crippen molar-refractivity contribution in [3.63, 3.8) is 0 Å². The average Bonchev–Trinajstić information content (AvgIpc) is 2.45. The summed E-state index contributed by atoms with van der Waals surface area (Å²) >= 11 is 4.77. The van der Waals surface area contributed by atoms with Crippen LogP contribution in [0, 0.1) is 0 Å². The Bertz CT molecular complexity index is 567. The Morgan fingerprint density at radius 2 is 1.89 bits per heavy atom. The maximum atomic E-state index is 5.41. The zero-order chi connectivity index (χ0) is 13.5. The number of hydrogen-bond donors (Lipinski definition) is 2. The second-order valence-electron chi connectivity index (χ2n) is 3.90. The number of nitrogens with one attached hydrogen (secondary N) is 1. The van der Waals surface area contributed by atoms with Crippen molar-refractivity contribution in [2.75, 3.05) is 0 Å². The summed E-state index contributed by atoms with van der Waals surface area (Å²) in [6.07, 6.45) is 2.37. The minimum Gasteiger partial charge on any atom is -0.375 e. The number of nitrogens with two attached hydrogens (primary N) is 1. The molecule has 1 aromatic carbocycles. The van der Waals surface area contributed by atoms with Crippen LogP contribution in [-0.4, -0.2) is 15.8 Å². The van der Waals surface area contributed by atoms with Crippen LogP contribution in [0.4, 0.5) is 0 Å². The third kappa shape index (κ3) is 4.15. The molecular weight excluding hydrogens is 256 g/mol. The highest BCUT2D eigenvalue weighted by Crippen LogP contribution is 2.06. The van der Waals surface area contributed by atoms with Crippen molar-refractivity contribution in [3.05, 3.63) is 66.0 Å². The molecule has 0 atom stereocenters. The van der Waals surface area contributed by atoms with E-state index in [9.17, 15) is 0 Å². The number of benzene rings is 1. The van der Waals surface area contributed by atoms with Gasteiger partial charge in [0.2, 0.25) is 0 Å². The quantitative estimate of drug-likeness (QED) is 0.506. The molecule has 0 unspecified atom stereocenters. The van der Waals surface area contributed by atoms with Crippen LogP contribution in [0.3, 0.4) is 0 Å². The number of nitrogens with zero attached hydrogens (tertiary/aromatic N) is 2. The normalized spacial score (nSPS) is 11.1. The van der Waals surface area contributed by atoms with E-state index in [0.29, 0.717) is 6.42 Å². The van der Waals surface area contributed by atoms with Gasteiger partial charge in [-0.1, -0.05) is 36.4 Å². The molecule has 0 aliphatic heterocycles. The maximum Gasteiger partial charge on any atom is 0.184 e. The molecule has 0 fully saturated rings. The van der Waals surface area contributed by atoms with Crippen LogP contribution in [0.25, 0.3) is 0 Å². The Morgan fingerprint density at radius 3 is 2.53 bits per heavy atom. The molecule has 5 heteroatoms. The van der Waals surface area contributed by atoms with E-state index in [1.807, 2.05) is 48.5 Å². The lowest BCUT2D eigenvalue weighted by atomic mass is 10.1. The van der Waals surface area contributed by atoms with Crippen LogP contribution < -0.4 is 11.2 Å². The number of pyridine rings is 1. The zero-order valence-electron chi connectivity index (χ0n) is 10.3. The minimum atomic E-state index is 0.148. The summed E-state index contributed by atoms with van der Waals surface area (Å²) in [4.78, 5) is 4.30. The second kappa shape index (κ2) is 6.61. The standard InChI is InChI=1S/C14H14N4S/c15-14(19)18-17-13(11-6-2-1-3-7-11)10-12-8-4-5-9-16-12/h1-9H,10H2,(H3,15,18,19). The van der Waals surface area contributed by atoms with Crippen LogP contribution in [0.15, 0.2) is 59.8 Å². The molecule has 0 aliphatic carbocycles. The first kappa shape index (κ1) is 13.2. The third-order valence-electron chi connectivity index (χ3n) is 2.48. The summed E-state index contributed by atoms with van der Waals surface area (Å²) in [5.41, 5.74) is 10.8. The highest BCUT2D eigenvalue weighted by molar-refractivity contribution is 7.80. The summed E-state index contributed by atoms with van der Waals surface area (Å²) in [7, 11) is 0. The second-order valence-corrected chi connectivity index (χ2v) is 4.34. The van der Waals surface area contributed by atoms with E-state index in [4.69, 9.17) is 18.0 Å². The summed E-state index contributed by atoms with van der Waals surface area (Å²) in [6.45, 7) is 0. The highest BCUT2D eigenvalue weighted by atomic mass is 32.1. The van der Waals surface area contributed by atoms with Crippen molar-refractivity contribution in [2.24, 2.45) is 10.8 Å². The summed E-state index contributed by atoms with van der Waals surface area (Å²) in [6, 6.07) is 15.7. The summed E-state index contributed by atoms with van der Waals surface area (Å²) < 4.78 is 0. The first-order valence-electron chi connectivity index (χ1n) is 5.83. The van der Waals surface area contributed by atoms with Gasteiger partial charge in [-0.25, -0.2) is 0 Å². The van der Waals surface area contributed by atoms with Crippen molar-refractivity contribution in [2.45, 2.75) is 6.42 Å². The number of rotatable bonds is 4. The molecule has 2 aromatic rings. The van der Waals surface area contributed by atoms with Crippen molar-refractivity contribution in [1.82, 2.24) is 10.4 Å². The number of aromatic nitrogens is 1. The van der Waals surface area contributed by atoms with E-state index in [1.54, 1.807) is 6.20 Å². The highest BCUT2D eigenvalue weighted by Gasteiger charge is 2.05. The Hall–Kier alpha value is -2.27. The predicted octanol–water partition coefficient (Wildman–Crippen LogP) is 1.86. The molecule has 96 valence electrons. The Labute approximate surface area is 117 Å². The lowest BCUT2D eigenvalue weighted by Crippen LogP contribution is -2.26. The molecule has 2 rings (SSSR count). The first-order chi connectivity index (χ1) is 9.25. The van der Waals surface area contributed by atoms with E-state index < -0.39 is 0 Å². The van der Waals surface area contributed by atoms with Crippen LogP contribution in [0.2, 0.25) is 0 Å². The molecule has 19 heavy (non-hydrogen) atoms. The van der Waals surface area contributed by atoms with Crippen LogP contribution in [0.5, 0.6) is 0 Å². The van der Waals surface area contributed by atoms with E-state index >= 15 is 0 Å². The molecule has 1 heterocycles. The van der Waals surface area contributed by atoms with E-state index in [0.717, 1.165) is 17.0 Å². The third-order valence-corrected chi connectivity index (χ3v) is 2.57. The molecular formula is C14H14N4S. The Balaban J connectivity index is 2.25. The lowest BCUT2D eigenvalue weighted by Gasteiger charge is -2.07. The van der Waals surface area contributed by atoms with Gasteiger partial charge in [0, 0.05) is 18.3 Å². The van der Waals surface area contributed by atoms with E-state index in [-0.39, 0.29) is 5.11 Å². The van der Waals surface area contributed by atoms with Gasteiger partial charge >= 0.3 is 0 Å². The summed E-state index contributed by atoms with van der Waals surface area (Å²) in [5, 5.41) is 4.40. The van der Waals surface area contributed by atoms with Crippen LogP contribution in [-0.2, 0) is 6.42 Å². The number of thiocarbonyl (C=S) groups is 1. The fourth-order valence-corrected chi connectivity index (χ4v) is 1.68. The monoisotopic (exact) mass is 270 g/mol. The zero-order valence-corrected chi connectivity index (χ0v) is 11.1. The molecule has 0 amide bonds. The van der Waals surface area contributed by atoms with Gasteiger partial charge in [0.1, 0.15) is 0 Å². The summed E-state index contributed by atoms with van der Waals surface area (Å²) in [5.74, 6) is 0. The molecule has 1 aromatic heterocycles. The first-order valence-corrected chi connectivity index (χ1v) is 6.24. The molecule has 0 saturated carbocycles. The minimum absolute atomic E-state index is 0.148. The van der Waals surface area contributed by atoms with Gasteiger partial charge in [0.15, 0.2) is 5.11 Å². The topological polar surface area (TPSA) is 63.3 Å². The van der Waals surface area contributed by atoms with E-state index in [1.165, 1.54) is 0 Å². The molecule has 0 saturated heterocycles. The molecule has 0 bridgehead atoms. The number of hydrogen-bond acceptors (Lipinski definition) is 3. The van der Waals surface area contributed by atoms with Crippen molar-refractivity contribution in [1.29, 1.82) is 0 Å². The van der Waals surface area contributed by atoms with Crippen molar-refractivity contribution in [3.8, 4) is 0 Å². The van der Waals surface area contributed by atoms with Gasteiger partial charge in [0.05, 0.1) is 5.71 Å². The van der Waals surface area contributed by atoms with Crippen LogP contribution in [0.1, 0.15) is 11.3 Å². The fraction of sp³-hybridized carbons (Fsp3) is 0.0714. The Kier molecular flexibility index (Phi) is 4.58. The van der Waals surface area contributed by atoms with Crippen molar-refractivity contribution < 1.29 is 0 Å². The molecule has 3 N–H and O–H groups in total. The average molecular weight is 270 g/mol. The van der Waals surface area contributed by atoms with Gasteiger partial charge in [-0.2, -0.15) is 5.10 Å².